The summed E-state index contributed by atoms with van der Waals surface area (Å²) in [5.41, 5.74) is 0. The Bertz CT molecular complexity index is 795. The van der Waals surface area contributed by atoms with Gasteiger partial charge in [-0.15, -0.1) is 0 Å². The van der Waals surface area contributed by atoms with Crippen molar-refractivity contribution in [2.75, 3.05) is 45.5 Å². The van der Waals surface area contributed by atoms with Crippen molar-refractivity contribution in [1.29, 1.82) is 0 Å². The van der Waals surface area contributed by atoms with Gasteiger partial charge in [0.15, 0.2) is 0 Å². The summed E-state index contributed by atoms with van der Waals surface area (Å²) >= 11 is 0. The standard InChI is InChI=1S/C26H50N6O5S2/c1-18(2)24(36)30-15-16-38-39-26(6,7)11-9-21(33)28-12-10-23(35)32(8)17-22(34)31-20(5)25(37)29-14-13-27-19(3)4/h18-20,27H,9-17H2,1-8H3,(H,28,33)(H,29,37)(H,30,36)(H,31,34)/t20-/m0/s1. The Labute approximate surface area is 242 Å². The van der Waals surface area contributed by atoms with Gasteiger partial charge >= 0.3 is 0 Å². The van der Waals surface area contributed by atoms with Crippen LogP contribution in [0.2, 0.25) is 0 Å². The number of likely N-dealkylation sites (N-methyl/N-ethyl adjacent to an activating group) is 1. The van der Waals surface area contributed by atoms with Crippen molar-refractivity contribution in [1.82, 2.24) is 31.5 Å². The van der Waals surface area contributed by atoms with E-state index in [-0.39, 0.29) is 53.8 Å². The zero-order valence-electron chi connectivity index (χ0n) is 24.9. The smallest absolute Gasteiger partial charge is 0.242 e. The largest absolute Gasteiger partial charge is 0.356 e. The summed E-state index contributed by atoms with van der Waals surface area (Å²) in [7, 11) is 4.87. The van der Waals surface area contributed by atoms with E-state index in [1.54, 1.807) is 28.5 Å². The maximum absolute atomic E-state index is 12.4. The molecule has 0 bridgehead atoms. The van der Waals surface area contributed by atoms with Crippen LogP contribution < -0.4 is 26.6 Å². The quantitative estimate of drug-likeness (QED) is 0.105. The van der Waals surface area contributed by atoms with Gasteiger partial charge in [-0.05, 0) is 27.2 Å². The first-order valence-corrected chi connectivity index (χ1v) is 15.9. The molecule has 0 saturated heterocycles. The second-order valence-corrected chi connectivity index (χ2v) is 13.8. The number of nitrogens with one attached hydrogen (secondary N) is 5. The molecule has 5 amide bonds. The highest BCUT2D eigenvalue weighted by atomic mass is 33.1. The molecule has 0 radical (unpaired) electrons. The minimum atomic E-state index is -0.717. The van der Waals surface area contributed by atoms with Gasteiger partial charge in [0.25, 0.3) is 0 Å². The van der Waals surface area contributed by atoms with E-state index < -0.39 is 11.9 Å². The molecule has 0 heterocycles. The topological polar surface area (TPSA) is 149 Å². The third-order valence-electron chi connectivity index (χ3n) is 5.46. The lowest BCUT2D eigenvalue weighted by molar-refractivity contribution is -0.135. The van der Waals surface area contributed by atoms with Gasteiger partial charge in [-0.2, -0.15) is 0 Å². The van der Waals surface area contributed by atoms with Crippen LogP contribution in [0.4, 0.5) is 0 Å². The fourth-order valence-corrected chi connectivity index (χ4v) is 5.50. The van der Waals surface area contributed by atoms with E-state index in [0.717, 1.165) is 5.75 Å². The minimum absolute atomic E-state index is 0.0244. The van der Waals surface area contributed by atoms with Crippen LogP contribution >= 0.6 is 21.6 Å². The SMILES string of the molecule is CC(C)NCCNC(=O)[C@H](C)NC(=O)CN(C)C(=O)CCNC(=O)CCC(C)(C)SSCCNC(=O)C(C)C. The fourth-order valence-electron chi connectivity index (χ4n) is 3.02. The first-order chi connectivity index (χ1) is 18.1. The van der Waals surface area contributed by atoms with Crippen molar-refractivity contribution >= 4 is 51.1 Å². The molecule has 0 saturated carbocycles. The van der Waals surface area contributed by atoms with Crippen LogP contribution in [0.3, 0.4) is 0 Å². The number of rotatable bonds is 20. The average Bonchev–Trinajstić information content (AvgIpc) is 2.84. The van der Waals surface area contributed by atoms with E-state index in [2.05, 4.69) is 40.4 Å². The molecule has 39 heavy (non-hydrogen) atoms. The lowest BCUT2D eigenvalue weighted by Crippen LogP contribution is -2.49. The molecule has 0 unspecified atom stereocenters. The molecule has 0 rings (SSSR count). The second-order valence-electron chi connectivity index (χ2n) is 10.6. The highest BCUT2D eigenvalue weighted by Gasteiger charge is 2.21. The number of amides is 5. The van der Waals surface area contributed by atoms with Gasteiger partial charge in [-0.25, -0.2) is 0 Å². The lowest BCUT2D eigenvalue weighted by Gasteiger charge is -2.23. The molecular weight excluding hydrogens is 540 g/mol. The van der Waals surface area contributed by atoms with E-state index in [4.69, 9.17) is 0 Å². The summed E-state index contributed by atoms with van der Waals surface area (Å²) in [4.78, 5) is 61.8. The van der Waals surface area contributed by atoms with Crippen LogP contribution in [0.1, 0.15) is 67.7 Å². The molecule has 0 aliphatic rings. The molecule has 5 N–H and O–H groups in total. The Morgan fingerprint density at radius 3 is 2.05 bits per heavy atom. The van der Waals surface area contributed by atoms with Crippen LogP contribution in [0.15, 0.2) is 0 Å². The van der Waals surface area contributed by atoms with Crippen LogP contribution in [-0.2, 0) is 24.0 Å². The van der Waals surface area contributed by atoms with Crippen molar-refractivity contribution in [2.24, 2.45) is 5.92 Å². The Hall–Kier alpha value is -1.99. The number of carbonyl (C=O) groups is 5. The Balaban J connectivity index is 4.12. The summed E-state index contributed by atoms with van der Waals surface area (Å²) in [5.74, 6) is -0.324. The van der Waals surface area contributed by atoms with Crippen LogP contribution in [0.5, 0.6) is 0 Å². The molecule has 0 aliphatic heterocycles. The Morgan fingerprint density at radius 1 is 0.795 bits per heavy atom. The van der Waals surface area contributed by atoms with E-state index >= 15 is 0 Å². The number of carbonyl (C=O) groups excluding carboxylic acids is 5. The van der Waals surface area contributed by atoms with Gasteiger partial charge in [-0.3, -0.25) is 24.0 Å². The minimum Gasteiger partial charge on any atom is -0.356 e. The molecule has 11 nitrogen and oxygen atoms in total. The monoisotopic (exact) mass is 590 g/mol. The zero-order valence-corrected chi connectivity index (χ0v) is 26.5. The molecule has 0 aromatic carbocycles. The summed E-state index contributed by atoms with van der Waals surface area (Å²) in [6.07, 6.45) is 1.08. The van der Waals surface area contributed by atoms with E-state index in [1.807, 2.05) is 27.7 Å². The summed E-state index contributed by atoms with van der Waals surface area (Å²) in [5, 5.41) is 14.2. The molecule has 0 aromatic heterocycles. The number of hydrogen-bond acceptors (Lipinski definition) is 8. The zero-order chi connectivity index (χ0) is 30.0. The van der Waals surface area contributed by atoms with Gasteiger partial charge in [0.2, 0.25) is 29.5 Å². The van der Waals surface area contributed by atoms with Crippen LogP contribution in [-0.4, -0.2) is 96.8 Å². The Kier molecular flexibility index (Phi) is 19.0. The van der Waals surface area contributed by atoms with Gasteiger partial charge < -0.3 is 31.5 Å². The first kappa shape index (κ1) is 37.0. The van der Waals surface area contributed by atoms with Gasteiger partial charge in [0.05, 0.1) is 6.54 Å². The van der Waals surface area contributed by atoms with Gasteiger partial charge in [0, 0.05) is 68.5 Å². The van der Waals surface area contributed by atoms with E-state index in [9.17, 15) is 24.0 Å². The molecule has 1 atom stereocenters. The van der Waals surface area contributed by atoms with Crippen molar-refractivity contribution in [3.05, 3.63) is 0 Å². The van der Waals surface area contributed by atoms with Gasteiger partial charge in [0.1, 0.15) is 6.04 Å². The number of nitrogens with zero attached hydrogens (tertiary/aromatic N) is 1. The third kappa shape index (κ3) is 19.7. The predicted octanol–water partition coefficient (Wildman–Crippen LogP) is 1.28. The Morgan fingerprint density at radius 2 is 1.44 bits per heavy atom. The highest BCUT2D eigenvalue weighted by molar-refractivity contribution is 8.77. The molecule has 0 aliphatic carbocycles. The molecular formula is C26H50N6O5S2. The van der Waals surface area contributed by atoms with Crippen LogP contribution in [0.25, 0.3) is 0 Å². The lowest BCUT2D eigenvalue weighted by atomic mass is 10.1. The number of hydrogen-bond donors (Lipinski definition) is 5. The average molecular weight is 591 g/mol. The normalized spacial score (nSPS) is 12.2. The summed E-state index contributed by atoms with van der Waals surface area (Å²) in [6, 6.07) is -0.394. The maximum atomic E-state index is 12.4. The molecule has 0 spiro atoms. The highest BCUT2D eigenvalue weighted by Crippen LogP contribution is 2.38. The predicted molar refractivity (Wildman–Crippen MR) is 160 cm³/mol. The molecule has 0 fully saturated rings. The maximum Gasteiger partial charge on any atom is 0.242 e. The second kappa shape index (κ2) is 20.0. The fraction of sp³-hybridized carbons (Fsp3) is 0.808. The van der Waals surface area contributed by atoms with Crippen LogP contribution in [0, 0.1) is 5.92 Å². The third-order valence-corrected chi connectivity index (χ3v) is 8.81. The van der Waals surface area contributed by atoms with Crippen molar-refractivity contribution in [2.45, 2.75) is 84.6 Å². The van der Waals surface area contributed by atoms with Gasteiger partial charge in [-0.1, -0.05) is 49.3 Å². The first-order valence-electron chi connectivity index (χ1n) is 13.5. The van der Waals surface area contributed by atoms with E-state index in [1.165, 1.54) is 11.9 Å². The summed E-state index contributed by atoms with van der Waals surface area (Å²) < 4.78 is -0.119. The molecule has 0 aromatic rings. The van der Waals surface area contributed by atoms with Crippen molar-refractivity contribution in [3.63, 3.8) is 0 Å². The van der Waals surface area contributed by atoms with Crippen molar-refractivity contribution < 1.29 is 24.0 Å². The summed E-state index contributed by atoms with van der Waals surface area (Å²) in [6.45, 7) is 15.2. The molecule has 226 valence electrons. The molecule has 13 heteroatoms. The van der Waals surface area contributed by atoms with Crippen molar-refractivity contribution in [3.8, 4) is 0 Å². The van der Waals surface area contributed by atoms with E-state index in [0.29, 0.717) is 38.5 Å².